The van der Waals surface area contributed by atoms with E-state index in [9.17, 15) is 0 Å². The summed E-state index contributed by atoms with van der Waals surface area (Å²) in [4.78, 5) is 0. The summed E-state index contributed by atoms with van der Waals surface area (Å²) >= 11 is 0. The Morgan fingerprint density at radius 1 is 1.08 bits per heavy atom. The van der Waals surface area contributed by atoms with Crippen molar-refractivity contribution in [2.45, 2.75) is 51.6 Å². The number of nitrogens with one attached hydrogen (secondary N) is 4. The highest BCUT2D eigenvalue weighted by molar-refractivity contribution is 5.85. The molecule has 0 heterocycles. The van der Waals surface area contributed by atoms with Gasteiger partial charge in [0, 0.05) is 5.92 Å². The lowest BCUT2D eigenvalue weighted by atomic mass is 9.94. The van der Waals surface area contributed by atoms with Gasteiger partial charge in [-0.2, -0.15) is 0 Å². The third kappa shape index (κ3) is 5.60. The van der Waals surface area contributed by atoms with Crippen molar-refractivity contribution in [3.8, 4) is 0 Å². The average molecular weight is 353 g/mol. The molecule has 0 saturated heterocycles. The summed E-state index contributed by atoms with van der Waals surface area (Å²) in [5, 5.41) is 21.2. The molecule has 0 aliphatic heterocycles. The molecule has 2 rings (SSSR count). The maximum absolute atomic E-state index is 7.59. The number of hydrogen-bond donors (Lipinski definition) is 6. The predicted octanol–water partition coefficient (Wildman–Crippen LogP) is 2.12. The summed E-state index contributed by atoms with van der Waals surface area (Å²) in [7, 11) is 0. The Morgan fingerprint density at radius 2 is 1.58 bits per heavy atom. The van der Waals surface area contributed by atoms with Gasteiger partial charge in [-0.3, -0.25) is 10.8 Å². The number of aryl methyl sites for hydroxylation is 3. The fraction of sp³-hybridized carbons (Fsp3) is 0.529. The minimum absolute atomic E-state index is 0. The second-order valence-corrected chi connectivity index (χ2v) is 6.67. The van der Waals surface area contributed by atoms with E-state index in [0.717, 1.165) is 32.1 Å². The van der Waals surface area contributed by atoms with Crippen LogP contribution < -0.4 is 22.1 Å². The molecule has 1 saturated carbocycles. The van der Waals surface area contributed by atoms with E-state index < -0.39 is 5.66 Å². The van der Waals surface area contributed by atoms with Crippen molar-refractivity contribution >= 4 is 24.3 Å². The molecule has 0 bridgehead atoms. The van der Waals surface area contributed by atoms with E-state index in [0.29, 0.717) is 5.92 Å². The molecule has 8 N–H and O–H groups in total. The maximum Gasteiger partial charge on any atom is 0.187 e. The Hall–Kier alpha value is -1.95. The van der Waals surface area contributed by atoms with Gasteiger partial charge in [-0.15, -0.1) is 12.4 Å². The van der Waals surface area contributed by atoms with Crippen LogP contribution in [0.5, 0.6) is 0 Å². The van der Waals surface area contributed by atoms with Crippen LogP contribution >= 0.6 is 12.4 Å². The van der Waals surface area contributed by atoms with Crippen molar-refractivity contribution < 1.29 is 0 Å². The van der Waals surface area contributed by atoms with Crippen LogP contribution in [0.1, 0.15) is 42.4 Å². The van der Waals surface area contributed by atoms with E-state index in [4.69, 9.17) is 22.3 Å². The molecule has 1 aromatic rings. The summed E-state index contributed by atoms with van der Waals surface area (Å²) in [6.07, 6.45) is 4.77. The topological polar surface area (TPSA) is 124 Å². The Kier molecular flexibility index (Phi) is 6.90. The second kappa shape index (κ2) is 8.24. The Bertz CT molecular complexity index is 560. The van der Waals surface area contributed by atoms with E-state index in [1.807, 2.05) is 0 Å². The van der Waals surface area contributed by atoms with Crippen LogP contribution in [0.15, 0.2) is 18.2 Å². The highest BCUT2D eigenvalue weighted by Crippen LogP contribution is 2.40. The summed E-state index contributed by atoms with van der Waals surface area (Å²) in [5.41, 5.74) is 14.4. The molecular formula is C17H29ClN6. The van der Waals surface area contributed by atoms with Crippen LogP contribution in [0, 0.1) is 30.6 Å². The molecule has 1 aliphatic carbocycles. The summed E-state index contributed by atoms with van der Waals surface area (Å²) in [5.74, 6) is 0.184. The number of halogens is 1. The zero-order valence-electron chi connectivity index (χ0n) is 14.4. The minimum Gasteiger partial charge on any atom is -0.370 e. The molecule has 7 heteroatoms. The van der Waals surface area contributed by atoms with Crippen molar-refractivity contribution in [2.75, 3.05) is 0 Å². The van der Waals surface area contributed by atoms with Crippen LogP contribution in [0.4, 0.5) is 0 Å². The summed E-state index contributed by atoms with van der Waals surface area (Å²) < 4.78 is 0. The van der Waals surface area contributed by atoms with Crippen molar-refractivity contribution in [1.82, 2.24) is 10.6 Å². The smallest absolute Gasteiger partial charge is 0.187 e. The quantitative estimate of drug-likeness (QED) is 0.255. The molecule has 24 heavy (non-hydrogen) atoms. The van der Waals surface area contributed by atoms with Gasteiger partial charge in [-0.25, -0.2) is 0 Å². The zero-order valence-corrected chi connectivity index (χ0v) is 15.2. The van der Waals surface area contributed by atoms with Gasteiger partial charge in [-0.1, -0.05) is 29.3 Å². The number of rotatable bonds is 7. The Morgan fingerprint density at radius 3 is 2.00 bits per heavy atom. The Balaban J connectivity index is 0.00000288. The molecule has 0 unspecified atom stereocenters. The summed E-state index contributed by atoms with van der Waals surface area (Å²) in [6, 6.07) is 6.60. The number of nitrogens with two attached hydrogens (primary N) is 2. The van der Waals surface area contributed by atoms with Gasteiger partial charge in [0.05, 0.1) is 0 Å². The van der Waals surface area contributed by atoms with E-state index in [2.05, 4.69) is 42.7 Å². The minimum atomic E-state index is -0.573. The first kappa shape index (κ1) is 20.1. The maximum atomic E-state index is 7.59. The van der Waals surface area contributed by atoms with E-state index in [-0.39, 0.29) is 24.3 Å². The molecule has 0 atom stereocenters. The fourth-order valence-electron chi connectivity index (χ4n) is 3.41. The lowest BCUT2D eigenvalue weighted by Crippen LogP contribution is -2.64. The molecule has 134 valence electrons. The predicted molar refractivity (Wildman–Crippen MR) is 102 cm³/mol. The molecular weight excluding hydrogens is 324 g/mol. The molecule has 1 fully saturated rings. The van der Waals surface area contributed by atoms with Gasteiger partial charge in [0.2, 0.25) is 0 Å². The van der Waals surface area contributed by atoms with Crippen molar-refractivity contribution in [1.29, 1.82) is 10.8 Å². The normalized spacial score (nSPS) is 15.8. The first-order valence-electron chi connectivity index (χ1n) is 8.12. The SMILES string of the molecule is Cc1cc(C)cc(CCCC(NC(=N)N)(NC(=N)N)C2CC2)c1.Cl. The number of hydrogen-bond acceptors (Lipinski definition) is 2. The Labute approximate surface area is 150 Å². The van der Waals surface area contributed by atoms with Crippen molar-refractivity contribution in [3.63, 3.8) is 0 Å². The first-order valence-corrected chi connectivity index (χ1v) is 8.12. The van der Waals surface area contributed by atoms with Gasteiger partial charge in [0.25, 0.3) is 0 Å². The van der Waals surface area contributed by atoms with E-state index in [1.54, 1.807) is 0 Å². The van der Waals surface area contributed by atoms with Crippen molar-refractivity contribution in [3.05, 3.63) is 34.9 Å². The van der Waals surface area contributed by atoms with E-state index in [1.165, 1.54) is 16.7 Å². The molecule has 0 radical (unpaired) electrons. The molecule has 1 aromatic carbocycles. The second-order valence-electron chi connectivity index (χ2n) is 6.67. The van der Waals surface area contributed by atoms with Gasteiger partial charge in [0.15, 0.2) is 11.9 Å². The largest absolute Gasteiger partial charge is 0.370 e. The molecule has 6 nitrogen and oxygen atoms in total. The lowest BCUT2D eigenvalue weighted by Gasteiger charge is -2.36. The van der Waals surface area contributed by atoms with Crippen LogP contribution in [0.3, 0.4) is 0 Å². The van der Waals surface area contributed by atoms with Crippen LogP contribution in [0.2, 0.25) is 0 Å². The highest BCUT2D eigenvalue weighted by Gasteiger charge is 2.45. The first-order chi connectivity index (χ1) is 10.8. The number of benzene rings is 1. The molecule has 0 amide bonds. The average Bonchev–Trinajstić information content (AvgIpc) is 3.19. The van der Waals surface area contributed by atoms with Crippen LogP contribution in [-0.2, 0) is 6.42 Å². The standard InChI is InChI=1S/C17H28N6.ClH/c1-11-8-12(2)10-13(9-11)4-3-7-17(14-5-6-14,22-15(18)19)23-16(20)21;/h8-10,14H,3-7H2,1-2H3,(H4,18,19,22)(H4,20,21,23);1H. The monoisotopic (exact) mass is 352 g/mol. The van der Waals surface area contributed by atoms with E-state index >= 15 is 0 Å². The molecule has 0 spiro atoms. The zero-order chi connectivity index (χ0) is 17.0. The summed E-state index contributed by atoms with van der Waals surface area (Å²) in [6.45, 7) is 4.22. The fourth-order valence-corrected chi connectivity index (χ4v) is 3.41. The molecule has 1 aliphatic rings. The lowest BCUT2D eigenvalue weighted by molar-refractivity contribution is 0.268. The van der Waals surface area contributed by atoms with Crippen LogP contribution in [0.25, 0.3) is 0 Å². The van der Waals surface area contributed by atoms with Gasteiger partial charge >= 0.3 is 0 Å². The van der Waals surface area contributed by atoms with Gasteiger partial charge in [0.1, 0.15) is 5.66 Å². The van der Waals surface area contributed by atoms with Gasteiger partial charge < -0.3 is 22.1 Å². The number of guanidine groups is 2. The van der Waals surface area contributed by atoms with Crippen molar-refractivity contribution in [2.24, 2.45) is 17.4 Å². The van der Waals surface area contributed by atoms with Crippen LogP contribution in [-0.4, -0.2) is 17.6 Å². The molecule has 0 aromatic heterocycles. The highest BCUT2D eigenvalue weighted by atomic mass is 35.5. The third-order valence-corrected chi connectivity index (χ3v) is 4.31. The third-order valence-electron chi connectivity index (χ3n) is 4.31. The van der Waals surface area contributed by atoms with Gasteiger partial charge in [-0.05, 0) is 51.5 Å².